The van der Waals surface area contributed by atoms with E-state index in [0.717, 1.165) is 21.8 Å². The summed E-state index contributed by atoms with van der Waals surface area (Å²) >= 11 is 1.70. The maximum absolute atomic E-state index is 12.4. The standard InChI is InChI=1S/C20H25NO2S/c1-14(2)24-19-11-6-5-9-17(19)20(22)21-12-13-23-18-10-7-8-15(3)16(18)4/h5-11,14H,12-13H2,1-4H3,(H,21,22). The Hall–Kier alpha value is -1.94. The van der Waals surface area contributed by atoms with E-state index in [9.17, 15) is 4.79 Å². The van der Waals surface area contributed by atoms with Gasteiger partial charge in [-0.2, -0.15) is 0 Å². The first kappa shape index (κ1) is 18.4. The number of hydrogen-bond donors (Lipinski definition) is 1. The largest absolute Gasteiger partial charge is 0.491 e. The predicted molar refractivity (Wildman–Crippen MR) is 101 cm³/mol. The van der Waals surface area contributed by atoms with E-state index in [4.69, 9.17) is 4.74 Å². The molecule has 128 valence electrons. The molecule has 4 heteroatoms. The van der Waals surface area contributed by atoms with Crippen LogP contribution in [0.2, 0.25) is 0 Å². The van der Waals surface area contributed by atoms with Crippen LogP contribution in [-0.4, -0.2) is 24.3 Å². The van der Waals surface area contributed by atoms with E-state index in [0.29, 0.717) is 18.4 Å². The van der Waals surface area contributed by atoms with E-state index in [1.165, 1.54) is 5.56 Å². The number of hydrogen-bond acceptors (Lipinski definition) is 3. The topological polar surface area (TPSA) is 38.3 Å². The highest BCUT2D eigenvalue weighted by atomic mass is 32.2. The molecule has 0 aliphatic rings. The van der Waals surface area contributed by atoms with Gasteiger partial charge in [0.1, 0.15) is 12.4 Å². The molecule has 0 aromatic heterocycles. The number of ether oxygens (including phenoxy) is 1. The Kier molecular flexibility index (Phi) is 6.73. The molecule has 0 unspecified atom stereocenters. The fourth-order valence-corrected chi connectivity index (χ4v) is 3.26. The van der Waals surface area contributed by atoms with Crippen LogP contribution in [0.1, 0.15) is 35.3 Å². The van der Waals surface area contributed by atoms with Gasteiger partial charge < -0.3 is 10.1 Å². The number of aryl methyl sites for hydroxylation is 1. The second kappa shape index (κ2) is 8.78. The van der Waals surface area contributed by atoms with Gasteiger partial charge in [0.2, 0.25) is 0 Å². The van der Waals surface area contributed by atoms with Gasteiger partial charge in [-0.25, -0.2) is 0 Å². The number of rotatable bonds is 7. The number of nitrogens with one attached hydrogen (secondary N) is 1. The van der Waals surface area contributed by atoms with Crippen molar-refractivity contribution in [2.45, 2.75) is 37.8 Å². The smallest absolute Gasteiger partial charge is 0.252 e. The van der Waals surface area contributed by atoms with Gasteiger partial charge in [0, 0.05) is 10.1 Å². The van der Waals surface area contributed by atoms with Gasteiger partial charge in [-0.15, -0.1) is 11.8 Å². The minimum atomic E-state index is -0.0525. The normalized spacial score (nSPS) is 10.7. The molecule has 0 radical (unpaired) electrons. The van der Waals surface area contributed by atoms with Crippen molar-refractivity contribution >= 4 is 17.7 Å². The predicted octanol–water partition coefficient (Wildman–Crippen LogP) is 4.61. The molecular weight excluding hydrogens is 318 g/mol. The summed E-state index contributed by atoms with van der Waals surface area (Å²) in [4.78, 5) is 13.4. The van der Waals surface area contributed by atoms with E-state index in [2.05, 4.69) is 32.2 Å². The Bertz CT molecular complexity index is 698. The van der Waals surface area contributed by atoms with Crippen molar-refractivity contribution in [1.29, 1.82) is 0 Å². The van der Waals surface area contributed by atoms with Crippen molar-refractivity contribution < 1.29 is 9.53 Å². The number of carbonyl (C=O) groups is 1. The lowest BCUT2D eigenvalue weighted by Gasteiger charge is -2.13. The Morgan fingerprint density at radius 3 is 2.62 bits per heavy atom. The van der Waals surface area contributed by atoms with Crippen LogP contribution in [0.25, 0.3) is 0 Å². The van der Waals surface area contributed by atoms with Crippen molar-refractivity contribution in [1.82, 2.24) is 5.32 Å². The number of carbonyl (C=O) groups excluding carboxylic acids is 1. The van der Waals surface area contributed by atoms with Crippen LogP contribution < -0.4 is 10.1 Å². The first-order valence-corrected chi connectivity index (χ1v) is 9.10. The molecule has 2 aromatic rings. The van der Waals surface area contributed by atoms with Crippen molar-refractivity contribution in [3.05, 3.63) is 59.2 Å². The summed E-state index contributed by atoms with van der Waals surface area (Å²) in [6.07, 6.45) is 0. The summed E-state index contributed by atoms with van der Waals surface area (Å²) < 4.78 is 5.78. The quantitative estimate of drug-likeness (QED) is 0.589. The maximum Gasteiger partial charge on any atom is 0.252 e. The molecule has 0 aliphatic carbocycles. The first-order valence-electron chi connectivity index (χ1n) is 8.22. The molecular formula is C20H25NO2S. The lowest BCUT2D eigenvalue weighted by molar-refractivity contribution is 0.0944. The van der Waals surface area contributed by atoms with Crippen LogP contribution in [0, 0.1) is 13.8 Å². The molecule has 24 heavy (non-hydrogen) atoms. The highest BCUT2D eigenvalue weighted by molar-refractivity contribution is 8.00. The molecule has 0 saturated carbocycles. The monoisotopic (exact) mass is 343 g/mol. The Morgan fingerprint density at radius 1 is 1.12 bits per heavy atom. The lowest BCUT2D eigenvalue weighted by Crippen LogP contribution is -2.28. The molecule has 1 N–H and O–H groups in total. The molecule has 2 rings (SSSR count). The zero-order valence-electron chi connectivity index (χ0n) is 14.8. The van der Waals surface area contributed by atoms with E-state index >= 15 is 0 Å². The summed E-state index contributed by atoms with van der Waals surface area (Å²) in [6, 6.07) is 13.7. The fraction of sp³-hybridized carbons (Fsp3) is 0.350. The zero-order valence-corrected chi connectivity index (χ0v) is 15.6. The second-order valence-electron chi connectivity index (χ2n) is 5.97. The molecule has 0 saturated heterocycles. The summed E-state index contributed by atoms with van der Waals surface area (Å²) in [6.45, 7) is 9.28. The summed E-state index contributed by atoms with van der Waals surface area (Å²) in [5.74, 6) is 0.823. The molecule has 1 amide bonds. The molecule has 0 fully saturated rings. The van der Waals surface area contributed by atoms with Gasteiger partial charge >= 0.3 is 0 Å². The molecule has 2 aromatic carbocycles. The third-order valence-electron chi connectivity index (χ3n) is 3.69. The van der Waals surface area contributed by atoms with Crippen LogP contribution >= 0.6 is 11.8 Å². The highest BCUT2D eigenvalue weighted by Gasteiger charge is 2.12. The number of amides is 1. The Labute approximate surface area is 148 Å². The Morgan fingerprint density at radius 2 is 1.88 bits per heavy atom. The van der Waals surface area contributed by atoms with Gasteiger partial charge in [-0.1, -0.05) is 38.1 Å². The van der Waals surface area contributed by atoms with Gasteiger partial charge in [-0.05, 0) is 43.2 Å². The minimum absolute atomic E-state index is 0.0525. The van der Waals surface area contributed by atoms with Gasteiger partial charge in [0.15, 0.2) is 0 Å². The van der Waals surface area contributed by atoms with Gasteiger partial charge in [0.25, 0.3) is 5.91 Å². The average Bonchev–Trinajstić information content (AvgIpc) is 2.55. The molecule has 0 heterocycles. The minimum Gasteiger partial charge on any atom is -0.491 e. The number of thioether (sulfide) groups is 1. The third kappa shape index (κ3) is 5.03. The summed E-state index contributed by atoms with van der Waals surface area (Å²) in [5, 5.41) is 3.38. The maximum atomic E-state index is 12.4. The first-order chi connectivity index (χ1) is 11.5. The van der Waals surface area contributed by atoms with Crippen LogP contribution in [0.5, 0.6) is 5.75 Å². The van der Waals surface area contributed by atoms with Gasteiger partial charge in [-0.3, -0.25) is 4.79 Å². The van der Waals surface area contributed by atoms with Crippen LogP contribution in [0.15, 0.2) is 47.4 Å². The SMILES string of the molecule is Cc1cccc(OCCNC(=O)c2ccccc2SC(C)C)c1C. The average molecular weight is 343 g/mol. The second-order valence-corrected chi connectivity index (χ2v) is 7.58. The molecule has 0 atom stereocenters. The van der Waals surface area contributed by atoms with Gasteiger partial charge in [0.05, 0.1) is 12.1 Å². The summed E-state index contributed by atoms with van der Waals surface area (Å²) in [5.41, 5.74) is 3.07. The Balaban J connectivity index is 1.89. The molecule has 3 nitrogen and oxygen atoms in total. The highest BCUT2D eigenvalue weighted by Crippen LogP contribution is 2.26. The van der Waals surface area contributed by atoms with Crippen molar-refractivity contribution in [2.24, 2.45) is 0 Å². The van der Waals surface area contributed by atoms with E-state index in [-0.39, 0.29) is 5.91 Å². The van der Waals surface area contributed by atoms with Crippen LogP contribution in [0.3, 0.4) is 0 Å². The lowest BCUT2D eigenvalue weighted by atomic mass is 10.1. The van der Waals surface area contributed by atoms with E-state index in [1.54, 1.807) is 11.8 Å². The molecule has 0 aliphatic heterocycles. The van der Waals surface area contributed by atoms with Crippen molar-refractivity contribution in [3.8, 4) is 5.75 Å². The summed E-state index contributed by atoms with van der Waals surface area (Å²) in [7, 11) is 0. The van der Waals surface area contributed by atoms with E-state index in [1.807, 2.05) is 43.3 Å². The van der Waals surface area contributed by atoms with Crippen molar-refractivity contribution in [2.75, 3.05) is 13.2 Å². The van der Waals surface area contributed by atoms with Crippen LogP contribution in [0.4, 0.5) is 0 Å². The van der Waals surface area contributed by atoms with Crippen LogP contribution in [-0.2, 0) is 0 Å². The zero-order chi connectivity index (χ0) is 17.5. The van der Waals surface area contributed by atoms with Crippen molar-refractivity contribution in [3.63, 3.8) is 0 Å². The number of benzene rings is 2. The third-order valence-corrected chi connectivity index (χ3v) is 4.78. The fourth-order valence-electron chi connectivity index (χ4n) is 2.31. The molecule has 0 bridgehead atoms. The molecule has 0 spiro atoms. The van der Waals surface area contributed by atoms with E-state index < -0.39 is 0 Å².